The highest BCUT2D eigenvalue weighted by Gasteiger charge is 2.10. The molecule has 0 saturated heterocycles. The molecule has 110 valence electrons. The second kappa shape index (κ2) is 7.33. The van der Waals surface area contributed by atoms with E-state index in [0.717, 1.165) is 17.6 Å². The summed E-state index contributed by atoms with van der Waals surface area (Å²) in [5.74, 6) is 1.85. The lowest BCUT2D eigenvalue weighted by molar-refractivity contribution is 0.111. The highest BCUT2D eigenvalue weighted by Crippen LogP contribution is 2.31. The van der Waals surface area contributed by atoms with Gasteiger partial charge in [0.15, 0.2) is 17.8 Å². The average Bonchev–Trinajstić information content (AvgIpc) is 2.54. The summed E-state index contributed by atoms with van der Waals surface area (Å²) < 4.78 is 16.4. The van der Waals surface area contributed by atoms with Gasteiger partial charge in [-0.05, 0) is 36.8 Å². The van der Waals surface area contributed by atoms with E-state index in [1.807, 2.05) is 31.2 Å². The van der Waals surface area contributed by atoms with Crippen molar-refractivity contribution in [2.45, 2.75) is 13.5 Å². The first kappa shape index (κ1) is 14.9. The molecule has 0 spiro atoms. The predicted molar refractivity (Wildman–Crippen MR) is 80.3 cm³/mol. The van der Waals surface area contributed by atoms with Gasteiger partial charge in [-0.2, -0.15) is 0 Å². The minimum absolute atomic E-state index is 0.356. The molecule has 0 bridgehead atoms. The molecule has 0 aromatic heterocycles. The van der Waals surface area contributed by atoms with E-state index in [4.69, 9.17) is 14.2 Å². The second-order valence-corrected chi connectivity index (χ2v) is 4.36. The summed E-state index contributed by atoms with van der Waals surface area (Å²) in [6.45, 7) is 2.76. The van der Waals surface area contributed by atoms with Crippen LogP contribution in [0.3, 0.4) is 0 Å². The molecule has 4 heteroatoms. The predicted octanol–water partition coefficient (Wildman–Crippen LogP) is 3.49. The van der Waals surface area contributed by atoms with Gasteiger partial charge in [0.25, 0.3) is 0 Å². The number of aldehydes is 1. The Morgan fingerprint density at radius 3 is 2.43 bits per heavy atom. The minimum atomic E-state index is 0.356. The zero-order valence-electron chi connectivity index (χ0n) is 12.2. The fourth-order valence-corrected chi connectivity index (χ4v) is 1.93. The largest absolute Gasteiger partial charge is 0.497 e. The van der Waals surface area contributed by atoms with Gasteiger partial charge < -0.3 is 14.2 Å². The van der Waals surface area contributed by atoms with Crippen molar-refractivity contribution in [3.05, 3.63) is 53.6 Å². The van der Waals surface area contributed by atoms with E-state index in [1.165, 1.54) is 0 Å². The standard InChI is InChI=1S/C17H18O4/c1-3-20-16-6-4-5-14(11-18)17(16)21-12-13-7-9-15(19-2)10-8-13/h4-11H,3,12H2,1-2H3. The number of para-hydroxylation sites is 1. The van der Waals surface area contributed by atoms with Gasteiger partial charge in [-0.25, -0.2) is 0 Å². The van der Waals surface area contributed by atoms with Crippen LogP contribution in [0.15, 0.2) is 42.5 Å². The number of carbonyl (C=O) groups is 1. The Morgan fingerprint density at radius 1 is 1.05 bits per heavy atom. The third kappa shape index (κ3) is 3.75. The van der Waals surface area contributed by atoms with E-state index in [1.54, 1.807) is 25.3 Å². The van der Waals surface area contributed by atoms with Gasteiger partial charge in [-0.1, -0.05) is 18.2 Å². The summed E-state index contributed by atoms with van der Waals surface area (Å²) in [4.78, 5) is 11.1. The lowest BCUT2D eigenvalue weighted by atomic mass is 10.2. The first-order valence-corrected chi connectivity index (χ1v) is 6.75. The number of hydrogen-bond donors (Lipinski definition) is 0. The number of methoxy groups -OCH3 is 1. The monoisotopic (exact) mass is 286 g/mol. The van der Waals surface area contributed by atoms with Crippen molar-refractivity contribution in [1.29, 1.82) is 0 Å². The van der Waals surface area contributed by atoms with E-state index >= 15 is 0 Å². The van der Waals surface area contributed by atoms with Gasteiger partial charge in [0.05, 0.1) is 19.3 Å². The second-order valence-electron chi connectivity index (χ2n) is 4.36. The molecule has 2 aromatic carbocycles. The molecule has 0 aliphatic carbocycles. The molecular formula is C17H18O4. The van der Waals surface area contributed by atoms with Crippen molar-refractivity contribution < 1.29 is 19.0 Å². The Kier molecular flexibility index (Phi) is 5.21. The van der Waals surface area contributed by atoms with Crippen LogP contribution in [0.5, 0.6) is 17.2 Å². The van der Waals surface area contributed by atoms with Crippen molar-refractivity contribution in [2.24, 2.45) is 0 Å². The fourth-order valence-electron chi connectivity index (χ4n) is 1.93. The molecule has 0 saturated carbocycles. The van der Waals surface area contributed by atoms with Gasteiger partial charge in [-0.3, -0.25) is 4.79 Å². The van der Waals surface area contributed by atoms with Crippen molar-refractivity contribution in [3.63, 3.8) is 0 Å². The Morgan fingerprint density at radius 2 is 1.81 bits per heavy atom. The van der Waals surface area contributed by atoms with Crippen LogP contribution in [0, 0.1) is 0 Å². The van der Waals surface area contributed by atoms with Gasteiger partial charge >= 0.3 is 0 Å². The summed E-state index contributed by atoms with van der Waals surface area (Å²) in [5.41, 5.74) is 1.47. The Hall–Kier alpha value is -2.49. The Labute approximate surface area is 124 Å². The maximum absolute atomic E-state index is 11.1. The van der Waals surface area contributed by atoms with E-state index in [-0.39, 0.29) is 0 Å². The van der Waals surface area contributed by atoms with Crippen LogP contribution in [-0.2, 0) is 6.61 Å². The molecule has 0 radical (unpaired) electrons. The van der Waals surface area contributed by atoms with Crippen LogP contribution in [0.25, 0.3) is 0 Å². The van der Waals surface area contributed by atoms with Crippen LogP contribution in [0.4, 0.5) is 0 Å². The lowest BCUT2D eigenvalue weighted by Crippen LogP contribution is -2.02. The quantitative estimate of drug-likeness (QED) is 0.731. The first-order chi connectivity index (χ1) is 10.3. The molecule has 0 aliphatic heterocycles. The van der Waals surface area contributed by atoms with Crippen molar-refractivity contribution in [3.8, 4) is 17.2 Å². The van der Waals surface area contributed by atoms with Crippen LogP contribution in [-0.4, -0.2) is 20.0 Å². The van der Waals surface area contributed by atoms with E-state index < -0.39 is 0 Å². The minimum Gasteiger partial charge on any atom is -0.497 e. The summed E-state index contributed by atoms with van der Waals surface area (Å²) in [5, 5.41) is 0. The molecular weight excluding hydrogens is 268 g/mol. The zero-order chi connectivity index (χ0) is 15.1. The molecule has 0 atom stereocenters. The molecule has 0 unspecified atom stereocenters. The van der Waals surface area contributed by atoms with Crippen LogP contribution >= 0.6 is 0 Å². The normalized spacial score (nSPS) is 10.0. The molecule has 0 heterocycles. The summed E-state index contributed by atoms with van der Waals surface area (Å²) >= 11 is 0. The smallest absolute Gasteiger partial charge is 0.172 e. The molecule has 0 N–H and O–H groups in total. The topological polar surface area (TPSA) is 44.8 Å². The number of carbonyl (C=O) groups excluding carboxylic acids is 1. The molecule has 4 nitrogen and oxygen atoms in total. The number of rotatable bonds is 7. The highest BCUT2D eigenvalue weighted by molar-refractivity contribution is 5.81. The van der Waals surface area contributed by atoms with Gasteiger partial charge in [-0.15, -0.1) is 0 Å². The van der Waals surface area contributed by atoms with E-state index in [0.29, 0.717) is 30.3 Å². The maximum Gasteiger partial charge on any atom is 0.172 e. The third-order valence-electron chi connectivity index (χ3n) is 2.98. The Balaban J connectivity index is 2.15. The molecule has 0 fully saturated rings. The zero-order valence-corrected chi connectivity index (χ0v) is 12.2. The first-order valence-electron chi connectivity index (χ1n) is 6.75. The van der Waals surface area contributed by atoms with E-state index in [9.17, 15) is 4.79 Å². The molecule has 2 rings (SSSR count). The molecule has 21 heavy (non-hydrogen) atoms. The van der Waals surface area contributed by atoms with Crippen molar-refractivity contribution in [1.82, 2.24) is 0 Å². The molecule has 0 amide bonds. The number of hydrogen-bond acceptors (Lipinski definition) is 4. The summed E-state index contributed by atoms with van der Waals surface area (Å²) in [6, 6.07) is 12.8. The fraction of sp³-hybridized carbons (Fsp3) is 0.235. The SMILES string of the molecule is CCOc1cccc(C=O)c1OCc1ccc(OC)cc1. The highest BCUT2D eigenvalue weighted by atomic mass is 16.5. The van der Waals surface area contributed by atoms with Crippen LogP contribution in [0.2, 0.25) is 0 Å². The van der Waals surface area contributed by atoms with Crippen molar-refractivity contribution >= 4 is 6.29 Å². The average molecular weight is 286 g/mol. The lowest BCUT2D eigenvalue weighted by Gasteiger charge is -2.13. The maximum atomic E-state index is 11.1. The number of ether oxygens (including phenoxy) is 3. The molecule has 0 aliphatic rings. The van der Waals surface area contributed by atoms with Gasteiger partial charge in [0, 0.05) is 0 Å². The summed E-state index contributed by atoms with van der Waals surface area (Å²) in [7, 11) is 1.63. The third-order valence-corrected chi connectivity index (χ3v) is 2.98. The number of benzene rings is 2. The molecule has 2 aromatic rings. The summed E-state index contributed by atoms with van der Waals surface area (Å²) in [6.07, 6.45) is 0.770. The van der Waals surface area contributed by atoms with Gasteiger partial charge in [0.1, 0.15) is 12.4 Å². The van der Waals surface area contributed by atoms with E-state index in [2.05, 4.69) is 0 Å². The Bertz CT molecular complexity index is 590. The van der Waals surface area contributed by atoms with Gasteiger partial charge in [0.2, 0.25) is 0 Å². The van der Waals surface area contributed by atoms with Crippen LogP contribution < -0.4 is 14.2 Å². The van der Waals surface area contributed by atoms with Crippen molar-refractivity contribution in [2.75, 3.05) is 13.7 Å². The van der Waals surface area contributed by atoms with Crippen LogP contribution in [0.1, 0.15) is 22.8 Å².